The van der Waals surface area contributed by atoms with Gasteiger partial charge in [0, 0.05) is 12.6 Å². The fraction of sp³-hybridized carbons (Fsp3) is 0.238. The number of likely N-dealkylation sites (N-methyl/N-ethyl adjacent to an activating group) is 1. The number of benzene rings is 2. The van der Waals surface area contributed by atoms with Crippen LogP contribution in [0.3, 0.4) is 0 Å². The van der Waals surface area contributed by atoms with Crippen molar-refractivity contribution in [2.45, 2.75) is 13.3 Å². The average molecular weight is 350 g/mol. The maximum absolute atomic E-state index is 12.3. The van der Waals surface area contributed by atoms with Gasteiger partial charge in [0.1, 0.15) is 18.6 Å². The van der Waals surface area contributed by atoms with Gasteiger partial charge in [-0.15, -0.1) is 0 Å². The first-order valence-corrected chi connectivity index (χ1v) is 8.55. The fourth-order valence-corrected chi connectivity index (χ4v) is 2.52. The quantitative estimate of drug-likeness (QED) is 0.651. The summed E-state index contributed by atoms with van der Waals surface area (Å²) in [7, 11) is 1.76. The molecule has 0 aliphatic carbocycles. The summed E-state index contributed by atoms with van der Waals surface area (Å²) in [5.41, 5.74) is 2.67. The zero-order chi connectivity index (χ0) is 18.4. The summed E-state index contributed by atoms with van der Waals surface area (Å²) in [6, 6.07) is 17.5. The summed E-state index contributed by atoms with van der Waals surface area (Å²) in [6.45, 7) is 2.97. The number of aryl methyl sites for hydroxylation is 1. The molecule has 5 heteroatoms. The fourth-order valence-electron chi connectivity index (χ4n) is 2.52. The van der Waals surface area contributed by atoms with Crippen LogP contribution < -0.4 is 4.74 Å². The largest absolute Gasteiger partial charge is 0.492 e. The van der Waals surface area contributed by atoms with Crippen molar-refractivity contribution < 1.29 is 13.9 Å². The molecule has 0 saturated carbocycles. The van der Waals surface area contributed by atoms with Gasteiger partial charge in [0.05, 0.1) is 18.7 Å². The van der Waals surface area contributed by atoms with E-state index in [0.717, 1.165) is 16.9 Å². The first-order valence-electron chi connectivity index (χ1n) is 8.55. The Morgan fingerprint density at radius 3 is 2.73 bits per heavy atom. The molecular weight excluding hydrogens is 328 g/mol. The van der Waals surface area contributed by atoms with E-state index in [1.165, 1.54) is 6.26 Å². The van der Waals surface area contributed by atoms with Gasteiger partial charge in [0.15, 0.2) is 0 Å². The lowest BCUT2D eigenvalue weighted by Gasteiger charge is -2.17. The third-order valence-electron chi connectivity index (χ3n) is 4.02. The van der Waals surface area contributed by atoms with E-state index in [4.69, 9.17) is 9.15 Å². The van der Waals surface area contributed by atoms with Crippen molar-refractivity contribution in [3.8, 4) is 17.2 Å². The van der Waals surface area contributed by atoms with Gasteiger partial charge in [-0.25, -0.2) is 4.98 Å². The summed E-state index contributed by atoms with van der Waals surface area (Å²) < 4.78 is 11.2. The number of rotatable bonds is 7. The highest BCUT2D eigenvalue weighted by Gasteiger charge is 2.14. The van der Waals surface area contributed by atoms with Crippen molar-refractivity contribution in [3.63, 3.8) is 0 Å². The van der Waals surface area contributed by atoms with Gasteiger partial charge in [0.25, 0.3) is 0 Å². The molecule has 5 nitrogen and oxygen atoms in total. The number of amides is 1. The van der Waals surface area contributed by atoms with E-state index in [-0.39, 0.29) is 12.3 Å². The lowest BCUT2D eigenvalue weighted by Crippen LogP contribution is -2.32. The molecule has 0 saturated heterocycles. The minimum Gasteiger partial charge on any atom is -0.492 e. The SMILES string of the molecule is Cc1cccc(OCCN(C)C(=O)Cc2coc(-c3ccccc3)n2)c1. The standard InChI is InChI=1S/C21H22N2O3/c1-16-7-6-10-19(13-16)25-12-11-23(2)20(24)14-18-15-26-21(22-18)17-8-4-3-5-9-17/h3-10,13,15H,11-12,14H2,1-2H3. The predicted molar refractivity (Wildman–Crippen MR) is 100.0 cm³/mol. The van der Waals surface area contributed by atoms with E-state index in [2.05, 4.69) is 4.98 Å². The molecule has 0 unspecified atom stereocenters. The van der Waals surface area contributed by atoms with Crippen molar-refractivity contribution in [2.24, 2.45) is 0 Å². The second-order valence-electron chi connectivity index (χ2n) is 6.17. The predicted octanol–water partition coefficient (Wildman–Crippen LogP) is 3.73. The van der Waals surface area contributed by atoms with Gasteiger partial charge in [-0.2, -0.15) is 0 Å². The maximum Gasteiger partial charge on any atom is 0.228 e. The normalized spacial score (nSPS) is 10.5. The number of ether oxygens (including phenoxy) is 1. The Morgan fingerprint density at radius 1 is 1.15 bits per heavy atom. The molecule has 0 bridgehead atoms. The molecule has 0 aliphatic heterocycles. The Kier molecular flexibility index (Phi) is 5.69. The third kappa shape index (κ3) is 4.72. The molecule has 3 rings (SSSR count). The average Bonchev–Trinajstić information content (AvgIpc) is 3.11. The Balaban J connectivity index is 1.49. The van der Waals surface area contributed by atoms with Gasteiger partial charge in [0.2, 0.25) is 11.8 Å². The van der Waals surface area contributed by atoms with Crippen molar-refractivity contribution in [2.75, 3.05) is 20.2 Å². The Morgan fingerprint density at radius 2 is 1.96 bits per heavy atom. The molecule has 0 fully saturated rings. The zero-order valence-electron chi connectivity index (χ0n) is 15.0. The van der Waals surface area contributed by atoms with E-state index in [9.17, 15) is 4.79 Å². The Bertz CT molecular complexity index is 858. The molecule has 0 aliphatic rings. The minimum absolute atomic E-state index is 0.0225. The van der Waals surface area contributed by atoms with Crippen LogP contribution in [0.2, 0.25) is 0 Å². The van der Waals surface area contributed by atoms with Gasteiger partial charge >= 0.3 is 0 Å². The molecule has 2 aromatic carbocycles. The summed E-state index contributed by atoms with van der Waals surface area (Å²) in [5.74, 6) is 1.32. The van der Waals surface area contributed by atoms with Crippen LogP contribution in [0.1, 0.15) is 11.3 Å². The lowest BCUT2D eigenvalue weighted by molar-refractivity contribution is -0.129. The second kappa shape index (κ2) is 8.34. The molecule has 0 spiro atoms. The van der Waals surface area contributed by atoms with Gasteiger partial charge in [-0.3, -0.25) is 4.79 Å². The third-order valence-corrected chi connectivity index (χ3v) is 4.02. The van der Waals surface area contributed by atoms with E-state index < -0.39 is 0 Å². The number of oxazole rings is 1. The smallest absolute Gasteiger partial charge is 0.228 e. The first kappa shape index (κ1) is 17.7. The summed E-state index contributed by atoms with van der Waals surface area (Å²) in [4.78, 5) is 18.4. The van der Waals surface area contributed by atoms with E-state index >= 15 is 0 Å². The number of nitrogens with zero attached hydrogens (tertiary/aromatic N) is 2. The number of carbonyl (C=O) groups excluding carboxylic acids is 1. The van der Waals surface area contributed by atoms with E-state index in [1.54, 1.807) is 11.9 Å². The highest BCUT2D eigenvalue weighted by molar-refractivity contribution is 5.78. The van der Waals surface area contributed by atoms with E-state index in [0.29, 0.717) is 24.7 Å². The molecule has 3 aromatic rings. The number of hydrogen-bond acceptors (Lipinski definition) is 4. The highest BCUT2D eigenvalue weighted by Crippen LogP contribution is 2.18. The van der Waals surface area contributed by atoms with Crippen molar-refractivity contribution >= 4 is 5.91 Å². The molecule has 0 N–H and O–H groups in total. The second-order valence-corrected chi connectivity index (χ2v) is 6.17. The van der Waals surface area contributed by atoms with Crippen LogP contribution in [-0.2, 0) is 11.2 Å². The topological polar surface area (TPSA) is 55.6 Å². The summed E-state index contributed by atoms with van der Waals surface area (Å²) >= 11 is 0. The van der Waals surface area contributed by atoms with Crippen LogP contribution in [0.15, 0.2) is 65.3 Å². The van der Waals surface area contributed by atoms with E-state index in [1.807, 2.05) is 61.5 Å². The van der Waals surface area contributed by atoms with Crippen molar-refractivity contribution in [3.05, 3.63) is 72.1 Å². The molecular formula is C21H22N2O3. The Labute approximate surface area is 153 Å². The number of hydrogen-bond donors (Lipinski definition) is 0. The molecule has 134 valence electrons. The van der Waals surface area contributed by atoms with Gasteiger partial charge in [-0.05, 0) is 36.8 Å². The first-order chi connectivity index (χ1) is 12.6. The Hall–Kier alpha value is -3.08. The number of aromatic nitrogens is 1. The van der Waals surface area contributed by atoms with Crippen LogP contribution in [-0.4, -0.2) is 36.0 Å². The molecule has 1 amide bonds. The van der Waals surface area contributed by atoms with Crippen molar-refractivity contribution in [1.82, 2.24) is 9.88 Å². The molecule has 26 heavy (non-hydrogen) atoms. The molecule has 1 aromatic heterocycles. The monoisotopic (exact) mass is 350 g/mol. The van der Waals surface area contributed by atoms with Crippen LogP contribution >= 0.6 is 0 Å². The summed E-state index contributed by atoms with van der Waals surface area (Å²) in [6.07, 6.45) is 1.74. The van der Waals surface area contributed by atoms with Crippen LogP contribution in [0, 0.1) is 6.92 Å². The molecule has 0 atom stereocenters. The summed E-state index contributed by atoms with van der Waals surface area (Å²) in [5, 5.41) is 0. The van der Waals surface area contributed by atoms with Crippen molar-refractivity contribution in [1.29, 1.82) is 0 Å². The van der Waals surface area contributed by atoms with Crippen LogP contribution in [0.25, 0.3) is 11.5 Å². The minimum atomic E-state index is -0.0225. The lowest BCUT2D eigenvalue weighted by atomic mass is 10.2. The molecule has 1 heterocycles. The van der Waals surface area contributed by atoms with Crippen LogP contribution in [0.5, 0.6) is 5.75 Å². The maximum atomic E-state index is 12.3. The van der Waals surface area contributed by atoms with Gasteiger partial charge in [-0.1, -0.05) is 30.3 Å². The van der Waals surface area contributed by atoms with Crippen LogP contribution in [0.4, 0.5) is 0 Å². The number of carbonyl (C=O) groups is 1. The zero-order valence-corrected chi connectivity index (χ0v) is 15.0. The highest BCUT2D eigenvalue weighted by atomic mass is 16.5. The molecule has 0 radical (unpaired) electrons. The van der Waals surface area contributed by atoms with Gasteiger partial charge < -0.3 is 14.1 Å².